The lowest BCUT2D eigenvalue weighted by molar-refractivity contribution is -0.139. The van der Waals surface area contributed by atoms with Gasteiger partial charge in [0.1, 0.15) is 17.4 Å². The van der Waals surface area contributed by atoms with E-state index < -0.39 is 29.6 Å². The Labute approximate surface area is 255 Å². The second-order valence-electron chi connectivity index (χ2n) is 11.5. The van der Waals surface area contributed by atoms with Gasteiger partial charge in [0.05, 0.1) is 24.5 Å². The number of rotatable bonds is 12. The quantitative estimate of drug-likeness (QED) is 0.231. The summed E-state index contributed by atoms with van der Waals surface area (Å²) in [5, 5.41) is 15.3. The summed E-state index contributed by atoms with van der Waals surface area (Å²) >= 11 is 3.73. The summed E-state index contributed by atoms with van der Waals surface area (Å²) < 4.78 is 12.1. The number of nitrogens with zero attached hydrogens (tertiary/aromatic N) is 1. The average Bonchev–Trinajstić information content (AvgIpc) is 3.55. The standard InChI is InChI=1S/C32H40BrN3O6/c1-4-41-22-14-12-21(13-15-22)34-29(38)24-25-31(40)36(16-7-5-6-8-17-37)28(32(25)18-23(33)27(24)42-32)30(39)35-26-19(2)10-9-11-20(26)3/h9-15,23-25,27-28,37H,4-8,16-18H2,1-3H3,(H,34,38)(H,35,39)/t23?,24-,25+,27-,28?,32?/m1/s1. The maximum absolute atomic E-state index is 14.2. The maximum atomic E-state index is 14.2. The third-order valence-corrected chi connectivity index (χ3v) is 9.65. The van der Waals surface area contributed by atoms with Crippen molar-refractivity contribution >= 4 is 45.0 Å². The van der Waals surface area contributed by atoms with Crippen molar-refractivity contribution < 1.29 is 29.0 Å². The van der Waals surface area contributed by atoms with E-state index in [1.165, 1.54) is 0 Å². The number of aliphatic hydroxyl groups excluding tert-OH is 1. The predicted molar refractivity (Wildman–Crippen MR) is 164 cm³/mol. The van der Waals surface area contributed by atoms with Crippen LogP contribution in [0.2, 0.25) is 0 Å². The number of carbonyl (C=O) groups excluding carboxylic acids is 3. The molecule has 0 aromatic heterocycles. The van der Waals surface area contributed by atoms with E-state index in [1.807, 2.05) is 39.0 Å². The van der Waals surface area contributed by atoms with Crippen molar-refractivity contribution in [2.75, 3.05) is 30.4 Å². The Kier molecular flexibility index (Phi) is 9.25. The van der Waals surface area contributed by atoms with Gasteiger partial charge in [-0.05, 0) is 75.4 Å². The monoisotopic (exact) mass is 641 g/mol. The molecule has 2 aromatic rings. The molecule has 0 aliphatic carbocycles. The largest absolute Gasteiger partial charge is 0.494 e. The number of benzene rings is 2. The average molecular weight is 643 g/mol. The second kappa shape index (κ2) is 12.7. The highest BCUT2D eigenvalue weighted by Crippen LogP contribution is 2.60. The number of para-hydroxylation sites is 1. The van der Waals surface area contributed by atoms with Gasteiger partial charge >= 0.3 is 0 Å². The first-order chi connectivity index (χ1) is 20.2. The summed E-state index contributed by atoms with van der Waals surface area (Å²) in [6.45, 7) is 6.83. The predicted octanol–water partition coefficient (Wildman–Crippen LogP) is 4.58. The number of aliphatic hydroxyl groups is 1. The Morgan fingerprint density at radius 1 is 1.05 bits per heavy atom. The first kappa shape index (κ1) is 30.5. The maximum Gasteiger partial charge on any atom is 0.250 e. The van der Waals surface area contributed by atoms with Crippen molar-refractivity contribution in [1.29, 1.82) is 0 Å². The van der Waals surface area contributed by atoms with Gasteiger partial charge in [-0.15, -0.1) is 0 Å². The number of carbonyl (C=O) groups is 3. The summed E-state index contributed by atoms with van der Waals surface area (Å²) in [4.78, 5) is 43.6. The molecule has 9 nitrogen and oxygen atoms in total. The number of anilines is 2. The molecular weight excluding hydrogens is 602 g/mol. The third kappa shape index (κ3) is 5.56. The molecule has 2 bridgehead atoms. The van der Waals surface area contributed by atoms with Gasteiger partial charge in [-0.25, -0.2) is 0 Å². The highest BCUT2D eigenvalue weighted by atomic mass is 79.9. The molecule has 3 fully saturated rings. The van der Waals surface area contributed by atoms with Crippen LogP contribution in [-0.2, 0) is 19.1 Å². The topological polar surface area (TPSA) is 117 Å². The Balaban J connectivity index is 1.44. The molecule has 10 heteroatoms. The molecule has 6 atom stereocenters. The van der Waals surface area contributed by atoms with Crippen LogP contribution in [0.5, 0.6) is 5.75 Å². The number of ether oxygens (including phenoxy) is 2. The number of alkyl halides is 1. The fourth-order valence-corrected chi connectivity index (χ4v) is 7.89. The van der Waals surface area contributed by atoms with Crippen molar-refractivity contribution in [2.45, 2.75) is 75.4 Å². The van der Waals surface area contributed by atoms with E-state index in [9.17, 15) is 14.4 Å². The molecule has 1 spiro atoms. The van der Waals surface area contributed by atoms with E-state index >= 15 is 0 Å². The number of fused-ring (bicyclic) bond motifs is 1. The van der Waals surface area contributed by atoms with E-state index in [1.54, 1.807) is 29.2 Å². The van der Waals surface area contributed by atoms with Gasteiger partial charge in [0.25, 0.3) is 0 Å². The number of nitrogens with one attached hydrogen (secondary N) is 2. The fraction of sp³-hybridized carbons (Fsp3) is 0.531. The zero-order valence-corrected chi connectivity index (χ0v) is 26.0. The summed E-state index contributed by atoms with van der Waals surface area (Å²) in [7, 11) is 0. The SMILES string of the molecule is CCOc1ccc(NC(=O)[C@H]2[C@@H]3OC4(CC3Br)C(C(=O)Nc3c(C)cccc3C)N(CCCCCCO)C(=O)[C@H]24)cc1. The summed E-state index contributed by atoms with van der Waals surface area (Å²) in [6.07, 6.45) is 2.95. The number of aryl methyl sites for hydroxylation is 2. The van der Waals surface area contributed by atoms with Gasteiger partial charge in [-0.3, -0.25) is 14.4 Å². The van der Waals surface area contributed by atoms with Crippen LogP contribution in [0.25, 0.3) is 0 Å². The number of unbranched alkanes of at least 4 members (excludes halogenated alkanes) is 3. The highest BCUT2D eigenvalue weighted by molar-refractivity contribution is 9.09. The van der Waals surface area contributed by atoms with Crippen molar-refractivity contribution in [2.24, 2.45) is 11.8 Å². The molecule has 0 saturated carbocycles. The summed E-state index contributed by atoms with van der Waals surface area (Å²) in [5.74, 6) is -1.63. The Morgan fingerprint density at radius 3 is 2.40 bits per heavy atom. The van der Waals surface area contributed by atoms with Gasteiger partial charge in [0.15, 0.2) is 0 Å². The van der Waals surface area contributed by atoms with Crippen LogP contribution in [0.15, 0.2) is 42.5 Å². The number of amides is 3. The van der Waals surface area contributed by atoms with Crippen LogP contribution in [-0.4, -0.2) is 70.1 Å². The molecule has 2 aromatic carbocycles. The zero-order valence-electron chi connectivity index (χ0n) is 24.4. The molecule has 5 rings (SSSR count). The van der Waals surface area contributed by atoms with Crippen LogP contribution in [0.4, 0.5) is 11.4 Å². The van der Waals surface area contributed by atoms with E-state index in [0.717, 1.165) is 29.7 Å². The van der Waals surface area contributed by atoms with Crippen molar-refractivity contribution in [3.8, 4) is 5.75 Å². The van der Waals surface area contributed by atoms with Crippen LogP contribution in [0, 0.1) is 25.7 Å². The van der Waals surface area contributed by atoms with Crippen LogP contribution in [0.1, 0.15) is 50.2 Å². The van der Waals surface area contributed by atoms with Gasteiger partial charge in [-0.2, -0.15) is 0 Å². The Hall–Kier alpha value is -2.95. The molecule has 42 heavy (non-hydrogen) atoms. The molecule has 3 amide bonds. The number of likely N-dealkylation sites (tertiary alicyclic amines) is 1. The smallest absolute Gasteiger partial charge is 0.250 e. The molecule has 226 valence electrons. The lowest BCUT2D eigenvalue weighted by Crippen LogP contribution is -2.54. The minimum Gasteiger partial charge on any atom is -0.494 e. The van der Waals surface area contributed by atoms with E-state index in [2.05, 4.69) is 26.6 Å². The third-order valence-electron chi connectivity index (χ3n) is 8.81. The lowest BCUT2D eigenvalue weighted by atomic mass is 9.70. The summed E-state index contributed by atoms with van der Waals surface area (Å²) in [6, 6.07) is 12.1. The van der Waals surface area contributed by atoms with Gasteiger partial charge in [0, 0.05) is 29.4 Å². The second-order valence-corrected chi connectivity index (χ2v) is 12.7. The fourth-order valence-electron chi connectivity index (χ4n) is 6.95. The number of hydrogen-bond donors (Lipinski definition) is 3. The summed E-state index contributed by atoms with van der Waals surface area (Å²) in [5.41, 5.74) is 2.06. The number of halogens is 1. The molecule has 3 aliphatic rings. The molecule has 3 saturated heterocycles. The molecule has 0 radical (unpaired) electrons. The highest BCUT2D eigenvalue weighted by Gasteiger charge is 2.76. The van der Waals surface area contributed by atoms with E-state index in [4.69, 9.17) is 14.6 Å². The Bertz CT molecular complexity index is 1300. The van der Waals surface area contributed by atoms with Gasteiger partial charge in [0.2, 0.25) is 17.7 Å². The van der Waals surface area contributed by atoms with Crippen molar-refractivity contribution in [3.63, 3.8) is 0 Å². The van der Waals surface area contributed by atoms with Crippen LogP contribution in [0.3, 0.4) is 0 Å². The molecular formula is C32H40BrN3O6. The van der Waals surface area contributed by atoms with Crippen molar-refractivity contribution in [1.82, 2.24) is 4.90 Å². The normalized spacial score (nSPS) is 27.7. The van der Waals surface area contributed by atoms with Crippen LogP contribution < -0.4 is 15.4 Å². The van der Waals surface area contributed by atoms with E-state index in [-0.39, 0.29) is 29.2 Å². The molecule has 3 unspecified atom stereocenters. The van der Waals surface area contributed by atoms with Crippen LogP contribution >= 0.6 is 15.9 Å². The van der Waals surface area contributed by atoms with Gasteiger partial charge < -0.3 is 30.1 Å². The molecule has 3 N–H and O–H groups in total. The lowest BCUT2D eigenvalue weighted by Gasteiger charge is -2.34. The Morgan fingerprint density at radius 2 is 1.74 bits per heavy atom. The molecule has 3 heterocycles. The van der Waals surface area contributed by atoms with Crippen molar-refractivity contribution in [3.05, 3.63) is 53.6 Å². The minimum absolute atomic E-state index is 0.127. The molecule has 3 aliphatic heterocycles. The first-order valence-corrected chi connectivity index (χ1v) is 15.8. The van der Waals surface area contributed by atoms with E-state index in [0.29, 0.717) is 43.9 Å². The van der Waals surface area contributed by atoms with Gasteiger partial charge in [-0.1, -0.05) is 47.0 Å². The minimum atomic E-state index is -1.12. The number of hydrogen-bond acceptors (Lipinski definition) is 6. The first-order valence-electron chi connectivity index (χ1n) is 14.9. The zero-order chi connectivity index (χ0) is 30.0.